The third-order valence-electron chi connectivity index (χ3n) is 5.50. The van der Waals surface area contributed by atoms with Crippen LogP contribution in [0, 0.1) is 0 Å². The van der Waals surface area contributed by atoms with Crippen molar-refractivity contribution in [2.45, 2.75) is 17.7 Å². The number of benzene rings is 2. The lowest BCUT2D eigenvalue weighted by Crippen LogP contribution is -2.21. The van der Waals surface area contributed by atoms with Crippen molar-refractivity contribution in [2.75, 3.05) is 17.7 Å². The summed E-state index contributed by atoms with van der Waals surface area (Å²) in [5.74, 6) is 2.45. The fourth-order valence-corrected chi connectivity index (χ4v) is 5.35. The quantitative estimate of drug-likeness (QED) is 0.323. The van der Waals surface area contributed by atoms with Gasteiger partial charge in [-0.2, -0.15) is 11.8 Å². The van der Waals surface area contributed by atoms with Gasteiger partial charge >= 0.3 is 0 Å². The number of thioether (sulfide) groups is 1. The number of para-hydroxylation sites is 1. The number of hydrogen-bond acceptors (Lipinski definition) is 7. The predicted molar refractivity (Wildman–Crippen MR) is 131 cm³/mol. The first-order valence-corrected chi connectivity index (χ1v) is 11.9. The minimum Gasteiger partial charge on any atom is -0.457 e. The molecule has 0 radical (unpaired) electrons. The molecule has 0 saturated carbocycles. The molecule has 168 valence electrons. The van der Waals surface area contributed by atoms with Crippen LogP contribution in [-0.2, 0) is 0 Å². The number of halogens is 1. The van der Waals surface area contributed by atoms with E-state index in [4.69, 9.17) is 16.3 Å². The molecule has 0 bridgehead atoms. The van der Waals surface area contributed by atoms with E-state index in [0.717, 1.165) is 12.2 Å². The Balaban J connectivity index is 1.43. The van der Waals surface area contributed by atoms with E-state index in [2.05, 4.69) is 20.3 Å². The summed E-state index contributed by atoms with van der Waals surface area (Å²) >= 11 is 8.21. The number of H-pyrrole nitrogens is 1. The number of carbonyl (C=O) groups is 1. The zero-order valence-electron chi connectivity index (χ0n) is 17.5. The largest absolute Gasteiger partial charge is 0.457 e. The number of aliphatic hydroxyl groups is 1. The Labute approximate surface area is 199 Å². The van der Waals surface area contributed by atoms with Crippen LogP contribution < -0.4 is 10.1 Å². The smallest absolute Gasteiger partial charge is 0.196 e. The molecule has 2 aromatic heterocycles. The third kappa shape index (κ3) is 4.55. The molecule has 9 heteroatoms. The van der Waals surface area contributed by atoms with E-state index in [-0.39, 0.29) is 23.7 Å². The van der Waals surface area contributed by atoms with Crippen LogP contribution in [-0.4, -0.2) is 49.5 Å². The van der Waals surface area contributed by atoms with E-state index in [9.17, 15) is 9.90 Å². The van der Waals surface area contributed by atoms with E-state index in [1.165, 1.54) is 6.33 Å². The molecule has 1 fully saturated rings. The molecule has 0 spiro atoms. The number of aliphatic hydroxyl groups excluding tert-OH is 1. The Morgan fingerprint density at radius 1 is 1.18 bits per heavy atom. The SMILES string of the molecule is O=C(c1ccc(Oc2ccccc2)cc1Cl)c1c[nH]c2ncnc(NC3CSC(CO)C3)c12. The number of aromatic nitrogens is 3. The van der Waals surface area contributed by atoms with Crippen LogP contribution >= 0.6 is 23.4 Å². The van der Waals surface area contributed by atoms with Crippen molar-refractivity contribution < 1.29 is 14.6 Å². The number of anilines is 1. The summed E-state index contributed by atoms with van der Waals surface area (Å²) in [5.41, 5.74) is 1.38. The number of aromatic amines is 1. The van der Waals surface area contributed by atoms with Crippen molar-refractivity contribution in [3.8, 4) is 11.5 Å². The van der Waals surface area contributed by atoms with E-state index in [1.54, 1.807) is 36.2 Å². The van der Waals surface area contributed by atoms with Gasteiger partial charge in [-0.1, -0.05) is 29.8 Å². The van der Waals surface area contributed by atoms with Gasteiger partial charge in [-0.15, -0.1) is 0 Å². The van der Waals surface area contributed by atoms with E-state index < -0.39 is 0 Å². The monoisotopic (exact) mass is 480 g/mol. The molecule has 1 aliphatic rings. The van der Waals surface area contributed by atoms with Crippen molar-refractivity contribution in [2.24, 2.45) is 0 Å². The second-order valence-electron chi connectivity index (χ2n) is 7.75. The number of hydrogen-bond donors (Lipinski definition) is 3. The number of nitrogens with zero attached hydrogens (tertiary/aromatic N) is 2. The number of ether oxygens (including phenoxy) is 1. The molecule has 4 aromatic rings. The van der Waals surface area contributed by atoms with Crippen molar-refractivity contribution in [3.63, 3.8) is 0 Å². The van der Waals surface area contributed by atoms with Crippen LogP contribution in [0.5, 0.6) is 11.5 Å². The van der Waals surface area contributed by atoms with Gasteiger partial charge in [0.05, 0.1) is 22.6 Å². The highest BCUT2D eigenvalue weighted by atomic mass is 35.5. The van der Waals surface area contributed by atoms with Gasteiger partial charge in [-0.05, 0) is 30.7 Å². The molecule has 2 aromatic carbocycles. The summed E-state index contributed by atoms with van der Waals surface area (Å²) in [5, 5.41) is 14.0. The second kappa shape index (κ2) is 9.43. The standard InChI is InChI=1S/C24H21ClN4O3S/c25-20-9-16(32-15-4-2-1-3-5-15)6-7-18(20)22(31)19-10-26-23-21(19)24(28-13-27-23)29-14-8-17(11-30)33-12-14/h1-7,9-10,13-14,17,30H,8,11-12H2,(H2,26,27,28,29). The Morgan fingerprint density at radius 2 is 2.03 bits per heavy atom. The van der Waals surface area contributed by atoms with Gasteiger partial charge in [0.25, 0.3) is 0 Å². The fourth-order valence-electron chi connectivity index (χ4n) is 3.89. The van der Waals surface area contributed by atoms with Crippen LogP contribution in [0.2, 0.25) is 5.02 Å². The van der Waals surface area contributed by atoms with Crippen LogP contribution in [0.1, 0.15) is 22.3 Å². The van der Waals surface area contributed by atoms with Gasteiger partial charge in [-0.25, -0.2) is 9.97 Å². The number of rotatable bonds is 7. The molecule has 0 amide bonds. The summed E-state index contributed by atoms with van der Waals surface area (Å²) < 4.78 is 5.81. The van der Waals surface area contributed by atoms with Crippen LogP contribution in [0.15, 0.2) is 61.1 Å². The van der Waals surface area contributed by atoms with Crippen molar-refractivity contribution in [1.82, 2.24) is 15.0 Å². The minimum atomic E-state index is -0.232. The highest BCUT2D eigenvalue weighted by Gasteiger charge is 2.27. The highest BCUT2D eigenvalue weighted by molar-refractivity contribution is 8.00. The highest BCUT2D eigenvalue weighted by Crippen LogP contribution is 2.33. The molecule has 1 aliphatic heterocycles. The predicted octanol–water partition coefficient (Wildman–Crippen LogP) is 4.91. The van der Waals surface area contributed by atoms with E-state index in [0.29, 0.717) is 44.5 Å². The molecule has 7 nitrogen and oxygen atoms in total. The summed E-state index contributed by atoms with van der Waals surface area (Å²) in [6.07, 6.45) is 3.93. The molecule has 1 saturated heterocycles. The minimum absolute atomic E-state index is 0.151. The van der Waals surface area contributed by atoms with Crippen LogP contribution in [0.3, 0.4) is 0 Å². The normalized spacial score (nSPS) is 17.9. The maximum Gasteiger partial charge on any atom is 0.196 e. The number of fused-ring (bicyclic) bond motifs is 1. The Hall–Kier alpha value is -3.07. The van der Waals surface area contributed by atoms with Crippen LogP contribution in [0.4, 0.5) is 5.82 Å². The first kappa shape index (κ1) is 21.8. The van der Waals surface area contributed by atoms with Crippen molar-refractivity contribution >= 4 is 46.0 Å². The van der Waals surface area contributed by atoms with Gasteiger partial charge in [0.1, 0.15) is 29.3 Å². The molecule has 2 atom stereocenters. The first-order valence-electron chi connectivity index (χ1n) is 10.5. The zero-order valence-corrected chi connectivity index (χ0v) is 19.1. The van der Waals surface area contributed by atoms with E-state index >= 15 is 0 Å². The topological polar surface area (TPSA) is 100 Å². The zero-order chi connectivity index (χ0) is 22.8. The van der Waals surface area contributed by atoms with Gasteiger partial charge in [0.15, 0.2) is 5.78 Å². The summed E-state index contributed by atoms with van der Waals surface area (Å²) in [4.78, 5) is 25.2. The fraction of sp³-hybridized carbons (Fsp3) is 0.208. The molecule has 2 unspecified atom stereocenters. The summed E-state index contributed by atoms with van der Waals surface area (Å²) in [6, 6.07) is 14.5. The second-order valence-corrected chi connectivity index (χ2v) is 9.49. The van der Waals surface area contributed by atoms with Crippen LogP contribution in [0.25, 0.3) is 11.0 Å². The average Bonchev–Trinajstić information content (AvgIpc) is 3.47. The molecule has 0 aliphatic carbocycles. The lowest BCUT2D eigenvalue weighted by Gasteiger charge is -2.14. The summed E-state index contributed by atoms with van der Waals surface area (Å²) in [6.45, 7) is 0.151. The molecule has 5 rings (SSSR count). The Bertz CT molecular complexity index is 1300. The maximum absolute atomic E-state index is 13.4. The lowest BCUT2D eigenvalue weighted by atomic mass is 10.0. The van der Waals surface area contributed by atoms with Gasteiger partial charge in [-0.3, -0.25) is 4.79 Å². The van der Waals surface area contributed by atoms with Crippen molar-refractivity contribution in [1.29, 1.82) is 0 Å². The Morgan fingerprint density at radius 3 is 2.79 bits per heavy atom. The average molecular weight is 481 g/mol. The maximum atomic E-state index is 13.4. The summed E-state index contributed by atoms with van der Waals surface area (Å²) in [7, 11) is 0. The van der Waals surface area contributed by atoms with E-state index in [1.807, 2.05) is 30.3 Å². The Kier molecular flexibility index (Phi) is 6.22. The first-order chi connectivity index (χ1) is 16.1. The number of carbonyl (C=O) groups excluding carboxylic acids is 1. The molecular weight excluding hydrogens is 460 g/mol. The van der Waals surface area contributed by atoms with Gasteiger partial charge in [0, 0.05) is 34.9 Å². The van der Waals surface area contributed by atoms with Crippen molar-refractivity contribution in [3.05, 3.63) is 77.2 Å². The molecule has 3 N–H and O–H groups in total. The number of ketones is 1. The third-order valence-corrected chi connectivity index (χ3v) is 7.22. The van der Waals surface area contributed by atoms with Gasteiger partial charge in [0.2, 0.25) is 0 Å². The molecule has 33 heavy (non-hydrogen) atoms. The van der Waals surface area contributed by atoms with Gasteiger partial charge < -0.3 is 20.1 Å². The molecular formula is C24H21ClN4O3S. The molecule has 3 heterocycles. The lowest BCUT2D eigenvalue weighted by molar-refractivity contribution is 0.104. The number of nitrogens with one attached hydrogen (secondary N) is 2.